The molecule has 1 amide bonds. The monoisotopic (exact) mass is 544 g/mol. The molecular formula is C20H30FIN8O. The van der Waals surface area contributed by atoms with E-state index in [0.29, 0.717) is 38.6 Å². The van der Waals surface area contributed by atoms with Gasteiger partial charge in [0.25, 0.3) is 0 Å². The van der Waals surface area contributed by atoms with E-state index in [2.05, 4.69) is 30.6 Å². The number of carbonyl (C=O) groups is 1. The second-order valence-corrected chi connectivity index (χ2v) is 7.02. The molecule has 1 fully saturated rings. The number of anilines is 1. The lowest BCUT2D eigenvalue weighted by atomic mass is 10.2. The van der Waals surface area contributed by atoms with Gasteiger partial charge in [0.05, 0.1) is 0 Å². The second kappa shape index (κ2) is 12.4. The van der Waals surface area contributed by atoms with Gasteiger partial charge in [0, 0.05) is 58.4 Å². The predicted molar refractivity (Wildman–Crippen MR) is 129 cm³/mol. The standard InChI is InChI=1S/C20H29FN8O.HI/c1-3-22-20(24-14-18-25-15-26-27(18)2)23-9-8-19(30)29-12-10-28(11-13-29)17-6-4-16(21)5-7-17;/h4-7,15H,3,8-14H2,1-2H3,(H2,22,23,24);1H. The van der Waals surface area contributed by atoms with Crippen LogP contribution in [0.2, 0.25) is 0 Å². The summed E-state index contributed by atoms with van der Waals surface area (Å²) in [5, 5.41) is 10.4. The second-order valence-electron chi connectivity index (χ2n) is 7.02. The van der Waals surface area contributed by atoms with Gasteiger partial charge in [0.15, 0.2) is 5.96 Å². The number of benzene rings is 1. The van der Waals surface area contributed by atoms with Crippen molar-refractivity contribution in [3.05, 3.63) is 42.2 Å². The van der Waals surface area contributed by atoms with E-state index >= 15 is 0 Å². The van der Waals surface area contributed by atoms with E-state index in [1.807, 2.05) is 18.9 Å². The number of aromatic nitrogens is 3. The minimum Gasteiger partial charge on any atom is -0.368 e. The minimum absolute atomic E-state index is 0. The van der Waals surface area contributed by atoms with Crippen LogP contribution >= 0.6 is 24.0 Å². The molecule has 1 aliphatic rings. The van der Waals surface area contributed by atoms with Gasteiger partial charge in [-0.05, 0) is 31.2 Å². The first kappa shape index (κ1) is 24.8. The summed E-state index contributed by atoms with van der Waals surface area (Å²) in [5.74, 6) is 1.29. The van der Waals surface area contributed by atoms with Crippen molar-refractivity contribution in [3.63, 3.8) is 0 Å². The smallest absolute Gasteiger partial charge is 0.224 e. The molecule has 1 saturated heterocycles. The lowest BCUT2D eigenvalue weighted by Gasteiger charge is -2.36. The molecule has 9 nitrogen and oxygen atoms in total. The highest BCUT2D eigenvalue weighted by Gasteiger charge is 2.21. The Morgan fingerprint density at radius 2 is 1.87 bits per heavy atom. The molecule has 1 aromatic heterocycles. The number of amides is 1. The number of piperazine rings is 1. The SMILES string of the molecule is CCNC(=NCc1ncnn1C)NCCC(=O)N1CCN(c2ccc(F)cc2)CC1.I. The summed E-state index contributed by atoms with van der Waals surface area (Å²) in [6, 6.07) is 6.48. The summed E-state index contributed by atoms with van der Waals surface area (Å²) in [6.45, 7) is 6.44. The number of hydrogen-bond donors (Lipinski definition) is 2. The van der Waals surface area contributed by atoms with Gasteiger partial charge in [-0.1, -0.05) is 0 Å². The lowest BCUT2D eigenvalue weighted by Crippen LogP contribution is -2.49. The summed E-state index contributed by atoms with van der Waals surface area (Å²) in [5.41, 5.74) is 0.986. The molecule has 3 rings (SSSR count). The summed E-state index contributed by atoms with van der Waals surface area (Å²) >= 11 is 0. The molecule has 0 aliphatic carbocycles. The van der Waals surface area contributed by atoms with Crippen LogP contribution in [-0.4, -0.2) is 70.8 Å². The van der Waals surface area contributed by atoms with Gasteiger partial charge in [0.2, 0.25) is 5.91 Å². The van der Waals surface area contributed by atoms with Crippen LogP contribution in [0.4, 0.5) is 10.1 Å². The van der Waals surface area contributed by atoms with Crippen molar-refractivity contribution >= 4 is 41.5 Å². The number of nitrogens with zero attached hydrogens (tertiary/aromatic N) is 6. The first-order chi connectivity index (χ1) is 14.6. The van der Waals surface area contributed by atoms with Crippen molar-refractivity contribution in [1.29, 1.82) is 0 Å². The van der Waals surface area contributed by atoms with E-state index in [0.717, 1.165) is 31.1 Å². The maximum Gasteiger partial charge on any atom is 0.224 e. The van der Waals surface area contributed by atoms with E-state index in [1.54, 1.807) is 16.8 Å². The topological polar surface area (TPSA) is 90.7 Å². The third-order valence-corrected chi connectivity index (χ3v) is 4.98. The third-order valence-electron chi connectivity index (χ3n) is 4.98. The van der Waals surface area contributed by atoms with Gasteiger partial charge in [-0.25, -0.2) is 14.4 Å². The summed E-state index contributed by atoms with van der Waals surface area (Å²) in [6.07, 6.45) is 1.89. The maximum atomic E-state index is 13.1. The van der Waals surface area contributed by atoms with Crippen molar-refractivity contribution in [2.24, 2.45) is 12.0 Å². The Kier molecular flexibility index (Phi) is 9.95. The van der Waals surface area contributed by atoms with Crippen LogP contribution in [0.25, 0.3) is 0 Å². The average Bonchev–Trinajstić information content (AvgIpc) is 3.17. The van der Waals surface area contributed by atoms with E-state index in [-0.39, 0.29) is 35.7 Å². The van der Waals surface area contributed by atoms with Crippen molar-refractivity contribution in [2.45, 2.75) is 19.9 Å². The summed E-state index contributed by atoms with van der Waals surface area (Å²) in [4.78, 5) is 25.2. The van der Waals surface area contributed by atoms with Crippen LogP contribution < -0.4 is 15.5 Å². The van der Waals surface area contributed by atoms with Crippen LogP contribution in [0, 0.1) is 5.82 Å². The summed E-state index contributed by atoms with van der Waals surface area (Å²) < 4.78 is 14.8. The molecule has 0 spiro atoms. The van der Waals surface area contributed by atoms with Crippen LogP contribution in [0.5, 0.6) is 0 Å². The number of carbonyl (C=O) groups excluding carboxylic acids is 1. The number of aryl methyl sites for hydroxylation is 1. The highest BCUT2D eigenvalue weighted by Crippen LogP contribution is 2.17. The molecule has 2 aromatic rings. The number of halogens is 2. The summed E-state index contributed by atoms with van der Waals surface area (Å²) in [7, 11) is 1.83. The van der Waals surface area contributed by atoms with Gasteiger partial charge in [-0.2, -0.15) is 5.10 Å². The lowest BCUT2D eigenvalue weighted by molar-refractivity contribution is -0.131. The molecule has 11 heteroatoms. The van der Waals surface area contributed by atoms with Crippen molar-refractivity contribution in [2.75, 3.05) is 44.2 Å². The average molecular weight is 544 g/mol. The van der Waals surface area contributed by atoms with Crippen molar-refractivity contribution < 1.29 is 9.18 Å². The zero-order chi connectivity index (χ0) is 21.3. The number of rotatable bonds is 7. The van der Waals surface area contributed by atoms with Crippen molar-refractivity contribution in [1.82, 2.24) is 30.3 Å². The maximum absolute atomic E-state index is 13.1. The van der Waals surface area contributed by atoms with E-state index in [4.69, 9.17) is 0 Å². The van der Waals surface area contributed by atoms with Crippen molar-refractivity contribution in [3.8, 4) is 0 Å². The van der Waals surface area contributed by atoms with Gasteiger partial charge in [0.1, 0.15) is 24.5 Å². The number of nitrogens with one attached hydrogen (secondary N) is 2. The molecule has 2 N–H and O–H groups in total. The zero-order valence-corrected chi connectivity index (χ0v) is 20.3. The molecule has 0 bridgehead atoms. The molecule has 0 saturated carbocycles. The fourth-order valence-electron chi connectivity index (χ4n) is 3.27. The Morgan fingerprint density at radius 3 is 2.48 bits per heavy atom. The molecule has 31 heavy (non-hydrogen) atoms. The molecule has 170 valence electrons. The Balaban J connectivity index is 0.00000341. The molecule has 1 aromatic carbocycles. The van der Waals surface area contributed by atoms with Gasteiger partial charge >= 0.3 is 0 Å². The zero-order valence-electron chi connectivity index (χ0n) is 17.9. The Labute approximate surface area is 199 Å². The quantitative estimate of drug-likeness (QED) is 0.311. The van der Waals surface area contributed by atoms with Gasteiger partial charge in [-0.15, -0.1) is 24.0 Å². The molecule has 0 unspecified atom stereocenters. The van der Waals surface area contributed by atoms with Gasteiger partial charge in [-0.3, -0.25) is 9.48 Å². The fourth-order valence-corrected chi connectivity index (χ4v) is 3.27. The molecule has 0 atom stereocenters. The third kappa shape index (κ3) is 7.33. The molecule has 0 radical (unpaired) electrons. The van der Waals surface area contributed by atoms with E-state index in [1.165, 1.54) is 18.5 Å². The fraction of sp³-hybridized carbons (Fsp3) is 0.500. The van der Waals surface area contributed by atoms with E-state index < -0.39 is 0 Å². The normalized spacial score (nSPS) is 14.2. The van der Waals surface area contributed by atoms with Crippen LogP contribution in [-0.2, 0) is 18.4 Å². The predicted octanol–water partition coefficient (Wildman–Crippen LogP) is 1.37. The Morgan fingerprint density at radius 1 is 1.16 bits per heavy atom. The number of aliphatic imine (C=N–C) groups is 1. The van der Waals surface area contributed by atoms with E-state index in [9.17, 15) is 9.18 Å². The first-order valence-corrected chi connectivity index (χ1v) is 10.2. The molecule has 2 heterocycles. The Hall–Kier alpha value is -2.44. The molecule has 1 aliphatic heterocycles. The molecular weight excluding hydrogens is 514 g/mol. The van der Waals surface area contributed by atoms with Crippen LogP contribution in [0.15, 0.2) is 35.6 Å². The highest BCUT2D eigenvalue weighted by molar-refractivity contribution is 14.0. The highest BCUT2D eigenvalue weighted by atomic mass is 127. The van der Waals surface area contributed by atoms with Crippen LogP contribution in [0.1, 0.15) is 19.2 Å². The number of hydrogen-bond acceptors (Lipinski definition) is 5. The van der Waals surface area contributed by atoms with Gasteiger partial charge < -0.3 is 20.4 Å². The largest absolute Gasteiger partial charge is 0.368 e. The first-order valence-electron chi connectivity index (χ1n) is 10.2. The van der Waals surface area contributed by atoms with Crippen LogP contribution in [0.3, 0.4) is 0 Å². The Bertz CT molecular complexity index is 849. The number of guanidine groups is 1. The minimum atomic E-state index is -0.239.